The fourth-order valence-corrected chi connectivity index (χ4v) is 5.15. The van der Waals surface area contributed by atoms with E-state index in [9.17, 15) is 4.39 Å². The molecule has 1 atom stereocenters. The van der Waals surface area contributed by atoms with Crippen molar-refractivity contribution < 1.29 is 8.78 Å². The molecule has 4 rings (SSSR count). The van der Waals surface area contributed by atoms with Crippen molar-refractivity contribution in [1.82, 2.24) is 30.1 Å². The monoisotopic (exact) mass is 564 g/mol. The smallest absolute Gasteiger partial charge is 0.229 e. The van der Waals surface area contributed by atoms with Gasteiger partial charge in [-0.05, 0) is 103 Å². The largest absolute Gasteiger partial charge is 0.315 e. The molecule has 1 aliphatic heterocycles. The Morgan fingerprint density at radius 3 is 2.66 bits per heavy atom. The fourth-order valence-electron chi connectivity index (χ4n) is 5.15. The van der Waals surface area contributed by atoms with Crippen LogP contribution in [-0.2, 0) is 13.0 Å². The lowest BCUT2D eigenvalue weighted by atomic mass is 9.93. The number of hydrogen-bond donors (Lipinski definition) is 2. The van der Waals surface area contributed by atoms with Gasteiger partial charge in [-0.1, -0.05) is 12.5 Å². The summed E-state index contributed by atoms with van der Waals surface area (Å²) < 4.78 is 29.9. The molecule has 0 amide bonds. The van der Waals surface area contributed by atoms with Crippen LogP contribution in [0.4, 0.5) is 26.2 Å². The predicted octanol–water partition coefficient (Wildman–Crippen LogP) is 5.74. The van der Waals surface area contributed by atoms with Crippen molar-refractivity contribution in [2.45, 2.75) is 64.1 Å². The fraction of sp³-hybridized carbons (Fsp3) is 0.484. The van der Waals surface area contributed by atoms with Crippen LogP contribution in [0, 0.1) is 11.6 Å². The minimum absolute atomic E-state index is 0.00208. The van der Waals surface area contributed by atoms with E-state index in [4.69, 9.17) is 0 Å². The van der Waals surface area contributed by atoms with E-state index in [1.165, 1.54) is 25.3 Å². The van der Waals surface area contributed by atoms with E-state index in [2.05, 4.69) is 75.0 Å². The Labute approximate surface area is 242 Å². The summed E-state index contributed by atoms with van der Waals surface area (Å²) in [5.74, 6) is -0.508. The van der Waals surface area contributed by atoms with Crippen molar-refractivity contribution in [3.05, 3.63) is 59.4 Å². The average molecular weight is 565 g/mol. The zero-order chi connectivity index (χ0) is 29.6. The van der Waals surface area contributed by atoms with Gasteiger partial charge in [-0.3, -0.25) is 9.89 Å². The Hall–Kier alpha value is -3.34. The summed E-state index contributed by atoms with van der Waals surface area (Å²) >= 11 is 0. The van der Waals surface area contributed by atoms with Crippen LogP contribution in [0.2, 0.25) is 0 Å². The number of aromatic nitrogens is 3. The molecule has 8 nitrogen and oxygen atoms in total. The zero-order valence-corrected chi connectivity index (χ0v) is 24.8. The number of nitrogens with zero attached hydrogens (tertiary/aromatic N) is 6. The first-order valence-corrected chi connectivity index (χ1v) is 14.2. The Morgan fingerprint density at radius 1 is 1.15 bits per heavy atom. The van der Waals surface area contributed by atoms with Gasteiger partial charge in [0.25, 0.3) is 0 Å². The first-order valence-electron chi connectivity index (χ1n) is 14.2. The lowest BCUT2D eigenvalue weighted by Gasteiger charge is -2.29. The van der Waals surface area contributed by atoms with E-state index >= 15 is 4.39 Å². The molecule has 220 valence electrons. The molecule has 3 heterocycles. The van der Waals surface area contributed by atoms with Crippen LogP contribution in [0.1, 0.15) is 50.7 Å². The highest BCUT2D eigenvalue weighted by Crippen LogP contribution is 2.32. The van der Waals surface area contributed by atoms with Crippen LogP contribution in [0.15, 0.2) is 41.7 Å². The summed E-state index contributed by atoms with van der Waals surface area (Å²) in [6, 6.07) is 7.36. The number of aryl methyl sites for hydroxylation is 1. The second-order valence-electron chi connectivity index (χ2n) is 11.7. The second kappa shape index (κ2) is 13.5. The molecule has 3 aromatic rings. The normalized spacial score (nSPS) is 16.5. The SMILES string of the molecule is C=Nc1c(F)cc(-c2nc(Nc3ccc(CN(C)C4CCCCN(C)C4)cn3)ncc2F)cc1CCC(C)(C)NC. The second-order valence-corrected chi connectivity index (χ2v) is 11.7. The molecule has 2 N–H and O–H groups in total. The van der Waals surface area contributed by atoms with Crippen molar-refractivity contribution in [3.8, 4) is 11.3 Å². The summed E-state index contributed by atoms with van der Waals surface area (Å²) in [6.45, 7) is 10.7. The highest BCUT2D eigenvalue weighted by molar-refractivity contribution is 5.68. The van der Waals surface area contributed by atoms with Crippen LogP contribution in [-0.4, -0.2) is 77.3 Å². The topological polar surface area (TPSA) is 81.6 Å². The van der Waals surface area contributed by atoms with E-state index in [-0.39, 0.29) is 22.9 Å². The van der Waals surface area contributed by atoms with Gasteiger partial charge in [0.05, 0.1) is 6.20 Å². The van der Waals surface area contributed by atoms with Gasteiger partial charge in [-0.25, -0.2) is 23.7 Å². The first-order chi connectivity index (χ1) is 19.6. The third-order valence-electron chi connectivity index (χ3n) is 7.98. The minimum Gasteiger partial charge on any atom is -0.315 e. The number of halogens is 2. The molecule has 10 heteroatoms. The van der Waals surface area contributed by atoms with Gasteiger partial charge in [0.1, 0.15) is 23.0 Å². The zero-order valence-electron chi connectivity index (χ0n) is 24.8. The van der Waals surface area contributed by atoms with Gasteiger partial charge in [-0.15, -0.1) is 0 Å². The predicted molar refractivity (Wildman–Crippen MR) is 162 cm³/mol. The summed E-state index contributed by atoms with van der Waals surface area (Å²) in [5.41, 5.74) is 2.07. The third-order valence-corrected chi connectivity index (χ3v) is 7.98. The maximum absolute atomic E-state index is 15.0. The Morgan fingerprint density at radius 2 is 1.95 bits per heavy atom. The van der Waals surface area contributed by atoms with Crippen LogP contribution in [0.25, 0.3) is 11.3 Å². The number of pyridine rings is 1. The number of anilines is 2. The molecule has 41 heavy (non-hydrogen) atoms. The summed E-state index contributed by atoms with van der Waals surface area (Å²) in [7, 11) is 6.23. The van der Waals surface area contributed by atoms with Crippen LogP contribution in [0.5, 0.6) is 0 Å². The number of hydrogen-bond acceptors (Lipinski definition) is 8. The minimum atomic E-state index is -0.647. The summed E-state index contributed by atoms with van der Waals surface area (Å²) in [6.07, 6.45) is 7.87. The molecule has 1 unspecified atom stereocenters. The summed E-state index contributed by atoms with van der Waals surface area (Å²) in [5, 5.41) is 6.30. The van der Waals surface area contributed by atoms with E-state index in [1.54, 1.807) is 6.07 Å². The Bertz CT molecular complexity index is 1330. The lowest BCUT2D eigenvalue weighted by molar-refractivity contribution is 0.182. The molecule has 1 saturated heterocycles. The number of likely N-dealkylation sites (tertiary alicyclic amines) is 1. The highest BCUT2D eigenvalue weighted by atomic mass is 19.1. The lowest BCUT2D eigenvalue weighted by Crippen LogP contribution is -2.39. The van der Waals surface area contributed by atoms with Crippen LogP contribution >= 0.6 is 0 Å². The van der Waals surface area contributed by atoms with Gasteiger partial charge < -0.3 is 15.5 Å². The average Bonchev–Trinajstić information content (AvgIpc) is 3.18. The standard InChI is InChI=1S/C31H42F2N8/c1-31(2,35-4)13-12-22-15-23(16-25(32)28(22)34-3)29-26(33)18-37-30(39-29)38-27-11-10-21(17-36-27)19-41(6)24-9-7-8-14-40(5)20-24/h10-11,15-18,24,35H,3,7-9,12-14,19-20H2,1-2,4-6H3,(H,36,37,38,39). The van der Waals surface area contributed by atoms with Crippen molar-refractivity contribution in [2.24, 2.45) is 4.99 Å². The molecule has 2 aromatic heterocycles. The molecule has 0 bridgehead atoms. The Balaban J connectivity index is 1.49. The number of nitrogens with one attached hydrogen (secondary N) is 2. The maximum Gasteiger partial charge on any atom is 0.229 e. The molecule has 1 fully saturated rings. The highest BCUT2D eigenvalue weighted by Gasteiger charge is 2.21. The van der Waals surface area contributed by atoms with Gasteiger partial charge in [0.2, 0.25) is 5.95 Å². The summed E-state index contributed by atoms with van der Waals surface area (Å²) in [4.78, 5) is 21.7. The van der Waals surface area contributed by atoms with Crippen LogP contribution < -0.4 is 10.6 Å². The number of likely N-dealkylation sites (N-methyl/N-ethyl adjacent to an activating group) is 2. The quantitative estimate of drug-likeness (QED) is 0.288. The van der Waals surface area contributed by atoms with Gasteiger partial charge >= 0.3 is 0 Å². The number of benzene rings is 1. The van der Waals surface area contributed by atoms with Crippen molar-refractivity contribution >= 4 is 24.2 Å². The van der Waals surface area contributed by atoms with Gasteiger partial charge in [0.15, 0.2) is 5.82 Å². The molecule has 0 aliphatic carbocycles. The first kappa shape index (κ1) is 30.6. The van der Waals surface area contributed by atoms with E-state index in [0.717, 1.165) is 37.8 Å². The molecular formula is C31H42F2N8. The molecule has 0 saturated carbocycles. The van der Waals surface area contributed by atoms with E-state index in [0.29, 0.717) is 29.4 Å². The van der Waals surface area contributed by atoms with E-state index < -0.39 is 11.6 Å². The number of rotatable bonds is 11. The van der Waals surface area contributed by atoms with E-state index in [1.807, 2.05) is 25.4 Å². The molecule has 0 radical (unpaired) electrons. The molecule has 1 aromatic carbocycles. The maximum atomic E-state index is 15.0. The van der Waals surface area contributed by atoms with Crippen molar-refractivity contribution in [3.63, 3.8) is 0 Å². The van der Waals surface area contributed by atoms with Crippen molar-refractivity contribution in [1.29, 1.82) is 0 Å². The van der Waals surface area contributed by atoms with Gasteiger partial charge in [0, 0.05) is 36.4 Å². The van der Waals surface area contributed by atoms with Gasteiger partial charge in [-0.2, -0.15) is 0 Å². The number of aliphatic imine (C=N–C) groups is 1. The van der Waals surface area contributed by atoms with Crippen molar-refractivity contribution in [2.75, 3.05) is 39.5 Å². The molecule has 1 aliphatic rings. The van der Waals surface area contributed by atoms with Crippen LogP contribution in [0.3, 0.4) is 0 Å². The molecular weight excluding hydrogens is 522 g/mol. The Kier molecular flexibility index (Phi) is 10.1. The third kappa shape index (κ3) is 8.12. The molecule has 0 spiro atoms.